The van der Waals surface area contributed by atoms with Crippen LogP contribution in [-0.2, 0) is 0 Å². The predicted octanol–water partition coefficient (Wildman–Crippen LogP) is 3.50. The van der Waals surface area contributed by atoms with E-state index in [1.165, 1.54) is 12.1 Å². The molecule has 0 saturated carbocycles. The van der Waals surface area contributed by atoms with Gasteiger partial charge in [0.25, 0.3) is 5.91 Å². The number of nitrogens with one attached hydrogen (secondary N) is 1. The van der Waals surface area contributed by atoms with Crippen LogP contribution in [0.15, 0.2) is 41.0 Å². The number of hydrogen-bond acceptors (Lipinski definition) is 3. The summed E-state index contributed by atoms with van der Waals surface area (Å²) < 4.78 is 14.4. The van der Waals surface area contributed by atoms with E-state index in [0.717, 1.165) is 23.4 Å². The van der Waals surface area contributed by atoms with Crippen molar-refractivity contribution < 1.29 is 9.18 Å². The highest BCUT2D eigenvalue weighted by Crippen LogP contribution is 2.31. The molecule has 1 aliphatic heterocycles. The molecule has 1 saturated heterocycles. The number of rotatable bonds is 4. The fourth-order valence-corrected chi connectivity index (χ4v) is 3.38. The number of nitrogens with zero attached hydrogens (tertiary/aromatic N) is 2. The first-order chi connectivity index (χ1) is 11.0. The Hall–Kier alpha value is -1.66. The molecule has 120 valence electrons. The highest BCUT2D eigenvalue weighted by atomic mass is 79.9. The molecule has 1 amide bonds. The minimum atomic E-state index is -0.505. The van der Waals surface area contributed by atoms with Gasteiger partial charge in [-0.05, 0) is 34.1 Å². The van der Waals surface area contributed by atoms with Crippen LogP contribution >= 0.6 is 27.5 Å². The molecule has 1 aromatic heterocycles. The number of amides is 1. The summed E-state index contributed by atoms with van der Waals surface area (Å²) in [6, 6.07) is 7.77. The van der Waals surface area contributed by atoms with Gasteiger partial charge < -0.3 is 10.2 Å². The first-order valence-corrected chi connectivity index (χ1v) is 8.30. The van der Waals surface area contributed by atoms with E-state index in [1.54, 1.807) is 24.4 Å². The Morgan fingerprint density at radius 1 is 1.43 bits per heavy atom. The van der Waals surface area contributed by atoms with Crippen molar-refractivity contribution in [2.24, 2.45) is 5.92 Å². The van der Waals surface area contributed by atoms with Gasteiger partial charge in [0.1, 0.15) is 11.6 Å². The highest BCUT2D eigenvalue weighted by Gasteiger charge is 2.29. The van der Waals surface area contributed by atoms with Crippen molar-refractivity contribution >= 4 is 39.3 Å². The van der Waals surface area contributed by atoms with Gasteiger partial charge in [0.2, 0.25) is 0 Å². The van der Waals surface area contributed by atoms with E-state index < -0.39 is 5.82 Å². The number of benzene rings is 1. The van der Waals surface area contributed by atoms with E-state index >= 15 is 0 Å². The fraction of sp³-hybridized carbons (Fsp3) is 0.250. The predicted molar refractivity (Wildman–Crippen MR) is 91.4 cm³/mol. The highest BCUT2D eigenvalue weighted by molar-refractivity contribution is 9.10. The number of aromatic nitrogens is 1. The zero-order valence-electron chi connectivity index (χ0n) is 12.1. The largest absolute Gasteiger partial charge is 0.355 e. The van der Waals surface area contributed by atoms with Crippen LogP contribution in [0.5, 0.6) is 0 Å². The molecule has 1 fully saturated rings. The van der Waals surface area contributed by atoms with Crippen molar-refractivity contribution in [2.45, 2.75) is 0 Å². The van der Waals surface area contributed by atoms with Crippen LogP contribution < -0.4 is 10.2 Å². The van der Waals surface area contributed by atoms with E-state index in [4.69, 9.17) is 11.6 Å². The summed E-state index contributed by atoms with van der Waals surface area (Å²) in [5.74, 6) is 0.267. The topological polar surface area (TPSA) is 45.2 Å². The molecular formula is C16H14BrClFN3O. The molecule has 1 N–H and O–H groups in total. The van der Waals surface area contributed by atoms with Gasteiger partial charge in [-0.25, -0.2) is 9.37 Å². The lowest BCUT2D eigenvalue weighted by Crippen LogP contribution is -2.52. The first kappa shape index (κ1) is 16.2. The third-order valence-corrected chi connectivity index (χ3v) is 4.51. The molecule has 7 heteroatoms. The molecule has 0 spiro atoms. The molecule has 23 heavy (non-hydrogen) atoms. The third kappa shape index (κ3) is 3.64. The van der Waals surface area contributed by atoms with Gasteiger partial charge in [0, 0.05) is 31.7 Å². The first-order valence-electron chi connectivity index (χ1n) is 7.13. The van der Waals surface area contributed by atoms with E-state index in [9.17, 15) is 9.18 Å². The summed E-state index contributed by atoms with van der Waals surface area (Å²) in [4.78, 5) is 18.4. The molecule has 4 nitrogen and oxygen atoms in total. The zero-order valence-corrected chi connectivity index (χ0v) is 14.4. The maximum Gasteiger partial charge on any atom is 0.254 e. The van der Waals surface area contributed by atoms with Crippen LogP contribution in [0.1, 0.15) is 10.4 Å². The minimum absolute atomic E-state index is 0.0748. The second-order valence-electron chi connectivity index (χ2n) is 5.42. The molecular weight excluding hydrogens is 385 g/mol. The molecule has 0 radical (unpaired) electrons. The Morgan fingerprint density at radius 3 is 2.87 bits per heavy atom. The van der Waals surface area contributed by atoms with E-state index in [1.807, 2.05) is 0 Å². The Balaban J connectivity index is 1.51. The van der Waals surface area contributed by atoms with Crippen molar-refractivity contribution in [2.75, 3.05) is 24.5 Å². The third-order valence-electron chi connectivity index (χ3n) is 3.71. The number of hydrogen-bond donors (Lipinski definition) is 1. The summed E-state index contributed by atoms with van der Waals surface area (Å²) in [7, 11) is 0. The molecule has 1 aromatic carbocycles. The summed E-state index contributed by atoms with van der Waals surface area (Å²) >= 11 is 9.32. The van der Waals surface area contributed by atoms with Crippen LogP contribution in [0.25, 0.3) is 0 Å². The number of carbonyl (C=O) groups excluding carboxylic acids is 1. The van der Waals surface area contributed by atoms with Gasteiger partial charge in [-0.2, -0.15) is 0 Å². The van der Waals surface area contributed by atoms with Gasteiger partial charge in [-0.1, -0.05) is 23.7 Å². The van der Waals surface area contributed by atoms with Gasteiger partial charge in [-0.3, -0.25) is 4.79 Å². The van der Waals surface area contributed by atoms with Gasteiger partial charge in [0.05, 0.1) is 15.1 Å². The molecule has 1 aliphatic rings. The molecule has 0 bridgehead atoms. The summed E-state index contributed by atoms with van der Waals surface area (Å²) in [6.07, 6.45) is 1.61. The number of carbonyl (C=O) groups is 1. The average Bonchev–Trinajstić information content (AvgIpc) is 2.47. The monoisotopic (exact) mass is 397 g/mol. The van der Waals surface area contributed by atoms with Crippen LogP contribution in [0.4, 0.5) is 10.2 Å². The van der Waals surface area contributed by atoms with Gasteiger partial charge in [0.15, 0.2) is 0 Å². The average molecular weight is 399 g/mol. The van der Waals surface area contributed by atoms with Gasteiger partial charge >= 0.3 is 0 Å². The van der Waals surface area contributed by atoms with Crippen molar-refractivity contribution in [1.29, 1.82) is 0 Å². The summed E-state index contributed by atoms with van der Waals surface area (Å²) in [5, 5.41) is 3.36. The quantitative estimate of drug-likeness (QED) is 0.857. The maximum atomic E-state index is 13.5. The summed E-state index contributed by atoms with van der Waals surface area (Å²) in [5.41, 5.74) is 0.0748. The number of anilines is 1. The second kappa shape index (κ2) is 6.84. The summed E-state index contributed by atoms with van der Waals surface area (Å²) in [6.45, 7) is 2.07. The Morgan fingerprint density at radius 2 is 2.17 bits per heavy atom. The SMILES string of the molecule is O=C(NCC1CN(c2ncc(Cl)cc2Br)C1)c1ccccc1F. The molecule has 2 heterocycles. The fourth-order valence-electron chi connectivity index (χ4n) is 2.49. The Bertz CT molecular complexity index is 737. The van der Waals surface area contributed by atoms with Gasteiger partial charge in [-0.15, -0.1) is 0 Å². The van der Waals surface area contributed by atoms with Crippen molar-refractivity contribution in [1.82, 2.24) is 10.3 Å². The Kier molecular flexibility index (Phi) is 4.82. The number of pyridine rings is 1. The van der Waals surface area contributed by atoms with Crippen LogP contribution in [0, 0.1) is 11.7 Å². The normalized spacial score (nSPS) is 14.5. The zero-order chi connectivity index (χ0) is 16.4. The van der Waals surface area contributed by atoms with E-state index in [0.29, 0.717) is 17.5 Å². The Labute approximate surface area is 146 Å². The standard InChI is InChI=1S/C16H14BrClFN3O/c17-13-5-11(18)7-20-15(13)22-8-10(9-22)6-21-16(23)12-3-1-2-4-14(12)19/h1-5,7,10H,6,8-9H2,(H,21,23). The van der Waals surface area contributed by atoms with Crippen molar-refractivity contribution in [3.05, 3.63) is 57.4 Å². The molecule has 3 rings (SSSR count). The lowest BCUT2D eigenvalue weighted by molar-refractivity contribution is 0.0940. The smallest absolute Gasteiger partial charge is 0.254 e. The molecule has 0 atom stereocenters. The van der Waals surface area contributed by atoms with Crippen molar-refractivity contribution in [3.8, 4) is 0 Å². The van der Waals surface area contributed by atoms with Crippen LogP contribution in [0.3, 0.4) is 0 Å². The lowest BCUT2D eigenvalue weighted by atomic mass is 10.00. The number of halogens is 3. The lowest BCUT2D eigenvalue weighted by Gasteiger charge is -2.40. The minimum Gasteiger partial charge on any atom is -0.355 e. The second-order valence-corrected chi connectivity index (χ2v) is 6.71. The molecule has 0 aliphatic carbocycles. The van der Waals surface area contributed by atoms with Crippen molar-refractivity contribution in [3.63, 3.8) is 0 Å². The molecule has 2 aromatic rings. The van der Waals surface area contributed by atoms with Crippen LogP contribution in [0.2, 0.25) is 5.02 Å². The van der Waals surface area contributed by atoms with Crippen LogP contribution in [-0.4, -0.2) is 30.5 Å². The van der Waals surface area contributed by atoms with E-state index in [2.05, 4.69) is 31.1 Å². The van der Waals surface area contributed by atoms with E-state index in [-0.39, 0.29) is 11.5 Å². The maximum absolute atomic E-state index is 13.5. The molecule has 0 unspecified atom stereocenters.